The van der Waals surface area contributed by atoms with Crippen LogP contribution in [-0.4, -0.2) is 12.7 Å². The molecule has 2 unspecified atom stereocenters. The minimum Gasteiger partial charge on any atom is -0.374 e. The second-order valence-electron chi connectivity index (χ2n) is 3.05. The normalized spacial score (nSPS) is 30.3. The average molecular weight is 152 g/mol. The molecule has 0 aromatic carbocycles. The zero-order valence-corrected chi connectivity index (χ0v) is 7.50. The molecule has 0 spiro atoms. The number of hydrogen-bond acceptors (Lipinski definition) is 1. The molecular weight excluding hydrogens is 136 g/mol. The first-order chi connectivity index (χ1) is 5.24. The van der Waals surface area contributed by atoms with Gasteiger partial charge in [0.25, 0.3) is 0 Å². The van der Waals surface area contributed by atoms with Crippen LogP contribution in [0.5, 0.6) is 0 Å². The Morgan fingerprint density at radius 3 is 2.82 bits per heavy atom. The van der Waals surface area contributed by atoms with Crippen molar-refractivity contribution in [2.45, 2.75) is 26.9 Å². The van der Waals surface area contributed by atoms with Gasteiger partial charge in [0.2, 0.25) is 0 Å². The lowest BCUT2D eigenvalue weighted by molar-refractivity contribution is 0.0714. The van der Waals surface area contributed by atoms with E-state index in [4.69, 9.17) is 4.74 Å². The first-order valence-electron chi connectivity index (χ1n) is 4.22. The maximum absolute atomic E-state index is 5.51. The van der Waals surface area contributed by atoms with Crippen LogP contribution < -0.4 is 0 Å². The fraction of sp³-hybridized carbons (Fsp3) is 0.600. The van der Waals surface area contributed by atoms with Gasteiger partial charge in [0.15, 0.2) is 0 Å². The zero-order chi connectivity index (χ0) is 8.27. The van der Waals surface area contributed by atoms with Gasteiger partial charge < -0.3 is 4.74 Å². The lowest BCUT2D eigenvalue weighted by Gasteiger charge is -2.21. The second-order valence-corrected chi connectivity index (χ2v) is 3.05. The molecule has 2 atom stereocenters. The summed E-state index contributed by atoms with van der Waals surface area (Å²) in [5, 5.41) is 0. The maximum atomic E-state index is 5.51. The minimum atomic E-state index is 0.295. The highest BCUT2D eigenvalue weighted by Gasteiger charge is 2.14. The monoisotopic (exact) mass is 152 g/mol. The molecule has 62 valence electrons. The third-order valence-corrected chi connectivity index (χ3v) is 1.95. The SMILES string of the molecule is CCOC1C=CC(C)=CC1C. The van der Waals surface area contributed by atoms with E-state index in [-0.39, 0.29) is 0 Å². The number of allylic oxidation sites excluding steroid dienone is 2. The van der Waals surface area contributed by atoms with Crippen LogP contribution in [0.15, 0.2) is 23.8 Å². The Kier molecular flexibility index (Phi) is 2.89. The summed E-state index contributed by atoms with van der Waals surface area (Å²) in [5.74, 6) is 0.528. The van der Waals surface area contributed by atoms with Crippen LogP contribution in [0.2, 0.25) is 0 Å². The van der Waals surface area contributed by atoms with E-state index in [1.54, 1.807) is 0 Å². The summed E-state index contributed by atoms with van der Waals surface area (Å²) in [5.41, 5.74) is 1.34. The fourth-order valence-electron chi connectivity index (χ4n) is 1.39. The largest absolute Gasteiger partial charge is 0.374 e. The molecule has 0 fully saturated rings. The van der Waals surface area contributed by atoms with E-state index in [1.807, 2.05) is 6.92 Å². The second kappa shape index (κ2) is 3.72. The minimum absolute atomic E-state index is 0.295. The number of rotatable bonds is 2. The van der Waals surface area contributed by atoms with E-state index in [2.05, 4.69) is 32.1 Å². The van der Waals surface area contributed by atoms with Gasteiger partial charge in [-0.05, 0) is 13.8 Å². The highest BCUT2D eigenvalue weighted by molar-refractivity contribution is 5.23. The third-order valence-electron chi connectivity index (χ3n) is 1.95. The molecule has 1 heteroatoms. The summed E-state index contributed by atoms with van der Waals surface area (Å²) < 4.78 is 5.51. The van der Waals surface area contributed by atoms with Crippen LogP contribution in [0, 0.1) is 5.92 Å². The standard InChI is InChI=1S/C10H16O/c1-4-11-10-6-5-8(2)7-9(10)3/h5-7,9-10H,4H2,1-3H3. The van der Waals surface area contributed by atoms with Crippen LogP contribution >= 0.6 is 0 Å². The van der Waals surface area contributed by atoms with Crippen molar-refractivity contribution in [3.63, 3.8) is 0 Å². The van der Waals surface area contributed by atoms with Crippen molar-refractivity contribution < 1.29 is 4.74 Å². The summed E-state index contributed by atoms with van der Waals surface area (Å²) >= 11 is 0. The van der Waals surface area contributed by atoms with Crippen molar-refractivity contribution in [2.75, 3.05) is 6.61 Å². The summed E-state index contributed by atoms with van der Waals surface area (Å²) in [6.07, 6.45) is 6.81. The molecule has 1 nitrogen and oxygen atoms in total. The number of ether oxygens (including phenoxy) is 1. The van der Waals surface area contributed by atoms with Gasteiger partial charge >= 0.3 is 0 Å². The molecular formula is C10H16O. The van der Waals surface area contributed by atoms with Crippen LogP contribution in [-0.2, 0) is 4.74 Å². The van der Waals surface area contributed by atoms with Crippen LogP contribution in [0.1, 0.15) is 20.8 Å². The van der Waals surface area contributed by atoms with Gasteiger partial charge in [0.05, 0.1) is 6.10 Å². The molecule has 0 aliphatic heterocycles. The molecule has 0 heterocycles. The Labute approximate surface area is 68.8 Å². The molecule has 1 aliphatic rings. The first kappa shape index (κ1) is 8.54. The van der Waals surface area contributed by atoms with Gasteiger partial charge in [-0.3, -0.25) is 0 Å². The lowest BCUT2D eigenvalue weighted by atomic mass is 9.96. The molecule has 1 rings (SSSR count). The predicted octanol–water partition coefficient (Wildman–Crippen LogP) is 2.54. The van der Waals surface area contributed by atoms with Crippen LogP contribution in [0.3, 0.4) is 0 Å². The zero-order valence-electron chi connectivity index (χ0n) is 7.50. The van der Waals surface area contributed by atoms with E-state index in [0.29, 0.717) is 12.0 Å². The van der Waals surface area contributed by atoms with Gasteiger partial charge in [-0.25, -0.2) is 0 Å². The van der Waals surface area contributed by atoms with Gasteiger partial charge in [0, 0.05) is 12.5 Å². The van der Waals surface area contributed by atoms with E-state index >= 15 is 0 Å². The van der Waals surface area contributed by atoms with Crippen molar-refractivity contribution >= 4 is 0 Å². The molecule has 0 saturated heterocycles. The lowest BCUT2D eigenvalue weighted by Crippen LogP contribution is -2.20. The van der Waals surface area contributed by atoms with Crippen molar-refractivity contribution in [3.8, 4) is 0 Å². The first-order valence-corrected chi connectivity index (χ1v) is 4.22. The van der Waals surface area contributed by atoms with Crippen molar-refractivity contribution in [1.82, 2.24) is 0 Å². The predicted molar refractivity (Wildman–Crippen MR) is 47.5 cm³/mol. The Hall–Kier alpha value is -0.560. The Morgan fingerprint density at radius 1 is 1.55 bits per heavy atom. The molecule has 0 aromatic heterocycles. The van der Waals surface area contributed by atoms with E-state index in [0.717, 1.165) is 6.61 Å². The summed E-state index contributed by atoms with van der Waals surface area (Å²) in [6.45, 7) is 7.14. The van der Waals surface area contributed by atoms with Gasteiger partial charge in [-0.15, -0.1) is 0 Å². The molecule has 11 heavy (non-hydrogen) atoms. The third kappa shape index (κ3) is 2.19. The van der Waals surface area contributed by atoms with Crippen LogP contribution in [0.4, 0.5) is 0 Å². The van der Waals surface area contributed by atoms with E-state index in [1.165, 1.54) is 5.57 Å². The maximum Gasteiger partial charge on any atom is 0.0818 e. The molecule has 0 saturated carbocycles. The summed E-state index contributed by atoms with van der Waals surface area (Å²) in [7, 11) is 0. The molecule has 0 bridgehead atoms. The van der Waals surface area contributed by atoms with E-state index < -0.39 is 0 Å². The highest BCUT2D eigenvalue weighted by Crippen LogP contribution is 2.18. The molecule has 0 radical (unpaired) electrons. The summed E-state index contributed by atoms with van der Waals surface area (Å²) in [4.78, 5) is 0. The van der Waals surface area contributed by atoms with Crippen molar-refractivity contribution in [3.05, 3.63) is 23.8 Å². The number of hydrogen-bond donors (Lipinski definition) is 0. The topological polar surface area (TPSA) is 9.23 Å². The van der Waals surface area contributed by atoms with Gasteiger partial charge in [-0.2, -0.15) is 0 Å². The van der Waals surface area contributed by atoms with Gasteiger partial charge in [-0.1, -0.05) is 30.7 Å². The smallest absolute Gasteiger partial charge is 0.0818 e. The van der Waals surface area contributed by atoms with Crippen molar-refractivity contribution in [2.24, 2.45) is 5.92 Å². The molecule has 0 N–H and O–H groups in total. The Bertz CT molecular complexity index is 179. The Balaban J connectivity index is 2.54. The molecule has 1 aliphatic carbocycles. The fourth-order valence-corrected chi connectivity index (χ4v) is 1.39. The molecule has 0 aromatic rings. The quantitative estimate of drug-likeness (QED) is 0.591. The average Bonchev–Trinajstić information content (AvgIpc) is 1.95. The highest BCUT2D eigenvalue weighted by atomic mass is 16.5. The van der Waals surface area contributed by atoms with Crippen LogP contribution in [0.25, 0.3) is 0 Å². The molecule has 0 amide bonds. The van der Waals surface area contributed by atoms with Crippen molar-refractivity contribution in [1.29, 1.82) is 0 Å². The van der Waals surface area contributed by atoms with Gasteiger partial charge in [0.1, 0.15) is 0 Å². The Morgan fingerprint density at radius 2 is 2.27 bits per heavy atom. The van der Waals surface area contributed by atoms with E-state index in [9.17, 15) is 0 Å². The summed E-state index contributed by atoms with van der Waals surface area (Å²) in [6, 6.07) is 0.